The predicted octanol–water partition coefficient (Wildman–Crippen LogP) is 1.72. The molecule has 170 valence electrons. The number of sulfonamides is 1. The van der Waals surface area contributed by atoms with Crippen molar-refractivity contribution in [3.63, 3.8) is 0 Å². The van der Waals surface area contributed by atoms with Gasteiger partial charge in [-0.2, -0.15) is 4.31 Å². The summed E-state index contributed by atoms with van der Waals surface area (Å²) in [6.45, 7) is 5.60. The molecule has 1 aliphatic heterocycles. The fraction of sp³-hybridized carbons (Fsp3) is 0.684. The summed E-state index contributed by atoms with van der Waals surface area (Å²) < 4.78 is 28.0. The first kappa shape index (κ1) is 25.1. The van der Waals surface area contributed by atoms with Crippen molar-refractivity contribution in [2.24, 2.45) is 0 Å². The number of thiophene rings is 1. The molecule has 30 heavy (non-hydrogen) atoms. The van der Waals surface area contributed by atoms with Crippen LogP contribution in [0.15, 0.2) is 12.1 Å². The lowest BCUT2D eigenvalue weighted by atomic mass is 10.0. The Bertz CT molecular complexity index is 833. The van der Waals surface area contributed by atoms with Crippen LogP contribution in [0.3, 0.4) is 0 Å². The minimum atomic E-state index is -3.73. The fourth-order valence-corrected chi connectivity index (χ4v) is 5.88. The van der Waals surface area contributed by atoms with Gasteiger partial charge in [-0.05, 0) is 51.9 Å². The topological polar surface area (TPSA) is 90.0 Å². The lowest BCUT2D eigenvalue weighted by Crippen LogP contribution is -2.52. The summed E-state index contributed by atoms with van der Waals surface area (Å²) in [5, 5.41) is 2.63. The molecule has 2 amide bonds. The molecular formula is C19H31ClN4O4S2. The van der Waals surface area contributed by atoms with E-state index in [1.807, 2.05) is 0 Å². The van der Waals surface area contributed by atoms with Crippen LogP contribution in [0, 0.1) is 0 Å². The van der Waals surface area contributed by atoms with Gasteiger partial charge >= 0.3 is 0 Å². The van der Waals surface area contributed by atoms with Crippen LogP contribution in [0.4, 0.5) is 0 Å². The first-order chi connectivity index (χ1) is 14.0. The van der Waals surface area contributed by atoms with E-state index in [1.54, 1.807) is 26.2 Å². The highest BCUT2D eigenvalue weighted by molar-refractivity contribution is 7.89. The van der Waals surface area contributed by atoms with E-state index in [-0.39, 0.29) is 36.7 Å². The number of hydrogen-bond donors (Lipinski definition) is 1. The average Bonchev–Trinajstić information content (AvgIpc) is 3.12. The number of carbonyl (C=O) groups is 2. The molecule has 0 unspecified atom stereocenters. The van der Waals surface area contributed by atoms with Gasteiger partial charge in [0.05, 0.1) is 21.5 Å². The molecule has 1 aromatic rings. The van der Waals surface area contributed by atoms with Crippen molar-refractivity contribution >= 4 is 44.8 Å². The van der Waals surface area contributed by atoms with Gasteiger partial charge in [-0.3, -0.25) is 9.59 Å². The Balaban J connectivity index is 2.03. The number of piperidine rings is 1. The predicted molar refractivity (Wildman–Crippen MR) is 121 cm³/mol. The molecular weight excluding hydrogens is 448 g/mol. The van der Waals surface area contributed by atoms with E-state index in [9.17, 15) is 18.0 Å². The van der Waals surface area contributed by atoms with Crippen molar-refractivity contribution in [3.05, 3.63) is 21.3 Å². The highest BCUT2D eigenvalue weighted by Gasteiger charge is 2.34. The van der Waals surface area contributed by atoms with Crippen LogP contribution in [0.1, 0.15) is 36.4 Å². The van der Waals surface area contributed by atoms with Crippen LogP contribution in [0.2, 0.25) is 4.34 Å². The maximum atomic E-state index is 13.1. The van der Waals surface area contributed by atoms with Gasteiger partial charge in [-0.1, -0.05) is 11.6 Å². The third kappa shape index (κ3) is 6.91. The number of likely N-dealkylation sites (N-methyl/N-ethyl adjacent to an activating group) is 1. The molecule has 0 aliphatic carbocycles. The van der Waals surface area contributed by atoms with Crippen LogP contribution in [-0.4, -0.2) is 92.4 Å². The molecule has 1 N–H and O–H groups in total. The number of nitrogens with zero attached hydrogens (tertiary/aromatic N) is 3. The molecule has 1 aliphatic rings. The Kier molecular flexibility index (Phi) is 9.11. The zero-order valence-electron chi connectivity index (χ0n) is 17.9. The molecule has 0 radical (unpaired) electrons. The third-order valence-corrected chi connectivity index (χ3v) is 8.32. The first-order valence-corrected chi connectivity index (χ1v) is 12.8. The van der Waals surface area contributed by atoms with Gasteiger partial charge in [0.2, 0.25) is 15.9 Å². The molecule has 0 saturated carbocycles. The number of nitrogens with one attached hydrogen (secondary N) is 1. The highest BCUT2D eigenvalue weighted by Crippen LogP contribution is 2.22. The second-order valence-corrected chi connectivity index (χ2v) is 11.6. The van der Waals surface area contributed by atoms with Crippen molar-refractivity contribution < 1.29 is 18.0 Å². The summed E-state index contributed by atoms with van der Waals surface area (Å²) >= 11 is 6.97. The summed E-state index contributed by atoms with van der Waals surface area (Å²) in [5.74, 6) is -0.881. The second-order valence-electron chi connectivity index (χ2n) is 7.87. The van der Waals surface area contributed by atoms with E-state index < -0.39 is 10.0 Å². The number of halogens is 1. The smallest absolute Gasteiger partial charge is 0.261 e. The third-order valence-electron chi connectivity index (χ3n) is 5.23. The van der Waals surface area contributed by atoms with Crippen molar-refractivity contribution in [2.45, 2.75) is 38.8 Å². The monoisotopic (exact) mass is 478 g/mol. The summed E-state index contributed by atoms with van der Waals surface area (Å²) in [4.78, 5) is 28.6. The van der Waals surface area contributed by atoms with Gasteiger partial charge < -0.3 is 15.1 Å². The Morgan fingerprint density at radius 3 is 2.40 bits per heavy atom. The van der Waals surface area contributed by atoms with Gasteiger partial charge in [0.25, 0.3) is 5.91 Å². The van der Waals surface area contributed by atoms with E-state index in [4.69, 9.17) is 11.6 Å². The molecule has 11 heteroatoms. The minimum absolute atomic E-state index is 0.0336. The average molecular weight is 479 g/mol. The van der Waals surface area contributed by atoms with Crippen LogP contribution >= 0.6 is 22.9 Å². The van der Waals surface area contributed by atoms with Crippen molar-refractivity contribution in [1.29, 1.82) is 0 Å². The molecule has 2 rings (SSSR count). The van der Waals surface area contributed by atoms with Crippen LogP contribution in [-0.2, 0) is 14.8 Å². The van der Waals surface area contributed by atoms with Gasteiger partial charge in [-0.25, -0.2) is 8.42 Å². The molecule has 0 atom stereocenters. The molecule has 1 saturated heterocycles. The molecule has 0 aromatic carbocycles. The van der Waals surface area contributed by atoms with E-state index in [2.05, 4.69) is 24.1 Å². The largest absolute Gasteiger partial charge is 0.350 e. The zero-order chi connectivity index (χ0) is 22.5. The first-order valence-electron chi connectivity index (χ1n) is 9.98. The van der Waals surface area contributed by atoms with Gasteiger partial charge in [0, 0.05) is 32.7 Å². The Labute approximate surface area is 188 Å². The molecule has 2 heterocycles. The normalized spacial score (nSPS) is 16.2. The van der Waals surface area contributed by atoms with Gasteiger partial charge in [-0.15, -0.1) is 11.3 Å². The minimum Gasteiger partial charge on any atom is -0.350 e. The maximum Gasteiger partial charge on any atom is 0.261 e. The van der Waals surface area contributed by atoms with E-state index in [0.29, 0.717) is 28.1 Å². The Hall–Kier alpha value is -1.20. The summed E-state index contributed by atoms with van der Waals surface area (Å²) in [6, 6.07) is 3.40. The quantitative estimate of drug-likeness (QED) is 0.583. The number of carbonyl (C=O) groups excluding carboxylic acids is 2. The van der Waals surface area contributed by atoms with Crippen molar-refractivity contribution in [3.8, 4) is 0 Å². The van der Waals surface area contributed by atoms with Crippen LogP contribution in [0.25, 0.3) is 0 Å². The lowest BCUT2D eigenvalue weighted by molar-refractivity contribution is -0.129. The molecule has 1 aromatic heterocycles. The lowest BCUT2D eigenvalue weighted by Gasteiger charge is -2.39. The van der Waals surface area contributed by atoms with Crippen LogP contribution < -0.4 is 5.32 Å². The highest BCUT2D eigenvalue weighted by atomic mass is 35.5. The van der Waals surface area contributed by atoms with Gasteiger partial charge in [0.1, 0.15) is 0 Å². The molecule has 8 nitrogen and oxygen atoms in total. The number of rotatable bonds is 9. The molecule has 0 spiro atoms. The number of amides is 2. The number of hydrogen-bond acceptors (Lipinski definition) is 6. The van der Waals surface area contributed by atoms with E-state index in [1.165, 1.54) is 9.21 Å². The fourth-order valence-electron chi connectivity index (χ4n) is 3.35. The van der Waals surface area contributed by atoms with Crippen LogP contribution in [0.5, 0.6) is 0 Å². The van der Waals surface area contributed by atoms with E-state index in [0.717, 1.165) is 24.4 Å². The second kappa shape index (κ2) is 10.9. The van der Waals surface area contributed by atoms with Gasteiger partial charge in [0.15, 0.2) is 0 Å². The Morgan fingerprint density at radius 1 is 1.27 bits per heavy atom. The standard InChI is InChI=1S/C19H31ClN4O4S2/c1-14(2)23-10-7-15(8-11-23)24(13-18(25)22(3)4)30(27,28)12-9-21-19(26)16-5-6-17(20)29-16/h5-6,14-15H,7-13H2,1-4H3,(H,21,26). The van der Waals surface area contributed by atoms with Crippen molar-refractivity contribution in [2.75, 3.05) is 46.0 Å². The van der Waals surface area contributed by atoms with Crippen molar-refractivity contribution in [1.82, 2.24) is 19.4 Å². The summed E-state index contributed by atoms with van der Waals surface area (Å²) in [5.41, 5.74) is 0. The molecule has 0 bridgehead atoms. The summed E-state index contributed by atoms with van der Waals surface area (Å²) in [6.07, 6.45) is 1.36. The summed E-state index contributed by atoms with van der Waals surface area (Å²) in [7, 11) is -0.507. The Morgan fingerprint density at radius 2 is 1.90 bits per heavy atom. The zero-order valence-corrected chi connectivity index (χ0v) is 20.3. The van der Waals surface area contributed by atoms with E-state index >= 15 is 0 Å². The SMILES string of the molecule is CC(C)N1CCC(N(CC(=O)N(C)C)S(=O)(=O)CCNC(=O)c2ccc(Cl)s2)CC1. The maximum absolute atomic E-state index is 13.1. The molecule has 1 fully saturated rings. The number of likely N-dealkylation sites (tertiary alicyclic amines) is 1.